The fourth-order valence-corrected chi connectivity index (χ4v) is 4.05. The molecule has 7 heteroatoms. The third-order valence-corrected chi connectivity index (χ3v) is 5.71. The molecule has 7 nitrogen and oxygen atoms in total. The van der Waals surface area contributed by atoms with Gasteiger partial charge < -0.3 is 25.0 Å². The van der Waals surface area contributed by atoms with Crippen molar-refractivity contribution >= 4 is 23.3 Å². The Morgan fingerprint density at radius 2 is 1.79 bits per heavy atom. The highest BCUT2D eigenvalue weighted by molar-refractivity contribution is 6.07. The van der Waals surface area contributed by atoms with E-state index in [1.807, 2.05) is 60.4 Å². The van der Waals surface area contributed by atoms with E-state index in [0.717, 1.165) is 23.2 Å². The number of carbonyl (C=O) groups is 2. The molecule has 2 N–H and O–H groups in total. The van der Waals surface area contributed by atoms with Crippen molar-refractivity contribution < 1.29 is 19.1 Å². The van der Waals surface area contributed by atoms with Crippen molar-refractivity contribution in [2.24, 2.45) is 0 Å². The average molecular weight is 446 g/mol. The number of anilines is 2. The van der Waals surface area contributed by atoms with Gasteiger partial charge in [0.15, 0.2) is 0 Å². The summed E-state index contributed by atoms with van der Waals surface area (Å²) in [6.07, 6.45) is 0.803. The van der Waals surface area contributed by atoms with Gasteiger partial charge in [-0.25, -0.2) is 4.79 Å². The lowest BCUT2D eigenvalue weighted by Gasteiger charge is -2.23. The van der Waals surface area contributed by atoms with Gasteiger partial charge in [0, 0.05) is 29.9 Å². The largest absolute Gasteiger partial charge is 0.497 e. The van der Waals surface area contributed by atoms with Crippen LogP contribution in [0.5, 0.6) is 11.5 Å². The van der Waals surface area contributed by atoms with Gasteiger partial charge in [-0.2, -0.15) is 0 Å². The van der Waals surface area contributed by atoms with Crippen molar-refractivity contribution in [3.63, 3.8) is 0 Å². The van der Waals surface area contributed by atoms with E-state index >= 15 is 0 Å². The summed E-state index contributed by atoms with van der Waals surface area (Å²) in [6.45, 7) is 2.36. The Labute approximate surface area is 193 Å². The van der Waals surface area contributed by atoms with Crippen molar-refractivity contribution in [3.05, 3.63) is 83.4 Å². The van der Waals surface area contributed by atoms with Crippen LogP contribution in [-0.4, -0.2) is 32.2 Å². The first-order chi connectivity index (χ1) is 16.0. The van der Waals surface area contributed by atoms with Crippen LogP contribution in [0.2, 0.25) is 0 Å². The van der Waals surface area contributed by atoms with E-state index in [4.69, 9.17) is 9.47 Å². The number of hydrogen-bond acceptors (Lipinski definition) is 4. The number of methoxy groups -OCH3 is 2. The van der Waals surface area contributed by atoms with Crippen LogP contribution < -0.4 is 25.0 Å². The van der Waals surface area contributed by atoms with E-state index in [2.05, 4.69) is 10.6 Å². The molecule has 1 unspecified atom stereocenters. The topological polar surface area (TPSA) is 79.9 Å². The molecule has 3 aromatic carbocycles. The minimum atomic E-state index is -0.368. The maximum absolute atomic E-state index is 13.1. The van der Waals surface area contributed by atoms with Crippen molar-refractivity contribution in [2.45, 2.75) is 25.9 Å². The molecule has 1 atom stereocenters. The van der Waals surface area contributed by atoms with E-state index in [1.165, 1.54) is 0 Å². The first-order valence-electron chi connectivity index (χ1n) is 10.8. The average Bonchev–Trinajstić information content (AvgIpc) is 3.17. The standard InChI is InChI=1S/C26H27N3O4/c1-17-13-20-10-9-18(14-23(20)29(17)25(30)19-7-5-4-6-8-19)16-27-26(31)28-22-15-21(32-2)11-12-24(22)33-3/h4-12,14-15,17H,13,16H2,1-3H3,(H2,27,28,31). The highest BCUT2D eigenvalue weighted by atomic mass is 16.5. The molecule has 1 aliphatic heterocycles. The lowest BCUT2D eigenvalue weighted by atomic mass is 10.1. The maximum atomic E-state index is 13.1. The number of amides is 3. The molecule has 0 fully saturated rings. The van der Waals surface area contributed by atoms with Gasteiger partial charge in [-0.05, 0) is 54.8 Å². The minimum Gasteiger partial charge on any atom is -0.497 e. The summed E-state index contributed by atoms with van der Waals surface area (Å²) in [5, 5.41) is 5.66. The van der Waals surface area contributed by atoms with Crippen molar-refractivity contribution in [2.75, 3.05) is 24.4 Å². The molecule has 0 bridgehead atoms. The van der Waals surface area contributed by atoms with E-state index < -0.39 is 0 Å². The third-order valence-electron chi connectivity index (χ3n) is 5.71. The second-order valence-corrected chi connectivity index (χ2v) is 7.93. The normalized spacial score (nSPS) is 14.4. The van der Waals surface area contributed by atoms with Crippen LogP contribution in [0.3, 0.4) is 0 Å². The van der Waals surface area contributed by atoms with Crippen LogP contribution in [0.4, 0.5) is 16.2 Å². The number of benzene rings is 3. The first kappa shape index (κ1) is 22.2. The molecule has 0 saturated heterocycles. The van der Waals surface area contributed by atoms with Gasteiger partial charge in [-0.1, -0.05) is 30.3 Å². The van der Waals surface area contributed by atoms with Crippen LogP contribution in [0, 0.1) is 0 Å². The lowest BCUT2D eigenvalue weighted by Crippen LogP contribution is -2.35. The number of nitrogens with zero attached hydrogens (tertiary/aromatic N) is 1. The molecule has 3 aromatic rings. The van der Waals surface area contributed by atoms with Crippen molar-refractivity contribution in [1.82, 2.24) is 5.32 Å². The molecule has 0 spiro atoms. The Morgan fingerprint density at radius 1 is 1.00 bits per heavy atom. The summed E-state index contributed by atoms with van der Waals surface area (Å²) in [5.74, 6) is 1.13. The fourth-order valence-electron chi connectivity index (χ4n) is 4.05. The van der Waals surface area contributed by atoms with E-state index in [0.29, 0.717) is 29.3 Å². The van der Waals surface area contributed by atoms with Gasteiger partial charge in [0.2, 0.25) is 0 Å². The zero-order valence-corrected chi connectivity index (χ0v) is 18.9. The highest BCUT2D eigenvalue weighted by Gasteiger charge is 2.31. The van der Waals surface area contributed by atoms with Crippen LogP contribution in [0.25, 0.3) is 0 Å². The molecule has 3 amide bonds. The molecular formula is C26H27N3O4. The second-order valence-electron chi connectivity index (χ2n) is 7.93. The second kappa shape index (κ2) is 9.65. The quantitative estimate of drug-likeness (QED) is 0.580. The first-order valence-corrected chi connectivity index (χ1v) is 10.8. The summed E-state index contributed by atoms with van der Waals surface area (Å²) < 4.78 is 10.5. The smallest absolute Gasteiger partial charge is 0.319 e. The van der Waals surface area contributed by atoms with Gasteiger partial charge in [0.1, 0.15) is 11.5 Å². The minimum absolute atomic E-state index is 0.0187. The Balaban J connectivity index is 1.46. The molecule has 1 heterocycles. The molecule has 0 radical (unpaired) electrons. The van der Waals surface area contributed by atoms with Gasteiger partial charge in [0.05, 0.1) is 19.9 Å². The number of ether oxygens (including phenoxy) is 2. The van der Waals surface area contributed by atoms with Crippen LogP contribution in [-0.2, 0) is 13.0 Å². The Hall–Kier alpha value is -4.00. The maximum Gasteiger partial charge on any atom is 0.319 e. The Kier molecular flexibility index (Phi) is 6.49. The number of carbonyl (C=O) groups excluding carboxylic acids is 2. The molecule has 4 rings (SSSR count). The fraction of sp³-hybridized carbons (Fsp3) is 0.231. The van der Waals surface area contributed by atoms with E-state index in [-0.39, 0.29) is 18.0 Å². The summed E-state index contributed by atoms with van der Waals surface area (Å²) in [7, 11) is 3.10. The van der Waals surface area contributed by atoms with E-state index in [1.54, 1.807) is 32.4 Å². The van der Waals surface area contributed by atoms with Crippen LogP contribution in [0.15, 0.2) is 66.7 Å². The molecule has 33 heavy (non-hydrogen) atoms. The monoisotopic (exact) mass is 445 g/mol. The zero-order chi connectivity index (χ0) is 23.4. The lowest BCUT2D eigenvalue weighted by molar-refractivity contribution is 0.0981. The molecule has 1 aliphatic rings. The zero-order valence-electron chi connectivity index (χ0n) is 18.9. The summed E-state index contributed by atoms with van der Waals surface area (Å²) in [6, 6.07) is 20.2. The molecular weight excluding hydrogens is 418 g/mol. The number of rotatable bonds is 6. The number of hydrogen-bond donors (Lipinski definition) is 2. The van der Waals surface area contributed by atoms with Gasteiger partial charge in [-0.3, -0.25) is 4.79 Å². The SMILES string of the molecule is COc1ccc(OC)c(NC(=O)NCc2ccc3c(c2)N(C(=O)c2ccccc2)C(C)C3)c1. The number of nitrogens with one attached hydrogen (secondary N) is 2. The molecule has 170 valence electrons. The summed E-state index contributed by atoms with van der Waals surface area (Å²) in [4.78, 5) is 27.5. The molecule has 0 aliphatic carbocycles. The highest BCUT2D eigenvalue weighted by Crippen LogP contribution is 2.34. The Bertz CT molecular complexity index is 1160. The van der Waals surface area contributed by atoms with Gasteiger partial charge >= 0.3 is 6.03 Å². The number of urea groups is 1. The van der Waals surface area contributed by atoms with E-state index in [9.17, 15) is 9.59 Å². The van der Waals surface area contributed by atoms with Crippen LogP contribution in [0.1, 0.15) is 28.4 Å². The molecule has 0 saturated carbocycles. The molecule has 0 aromatic heterocycles. The predicted molar refractivity (Wildman–Crippen MR) is 128 cm³/mol. The number of fused-ring (bicyclic) bond motifs is 1. The van der Waals surface area contributed by atoms with Crippen molar-refractivity contribution in [3.8, 4) is 11.5 Å². The summed E-state index contributed by atoms with van der Waals surface area (Å²) >= 11 is 0. The Morgan fingerprint density at radius 3 is 2.52 bits per heavy atom. The summed E-state index contributed by atoms with van der Waals surface area (Å²) in [5.41, 5.74) is 4.09. The van der Waals surface area contributed by atoms with Gasteiger partial charge in [-0.15, -0.1) is 0 Å². The predicted octanol–water partition coefficient (Wildman–Crippen LogP) is 4.62. The third kappa shape index (κ3) is 4.77. The van der Waals surface area contributed by atoms with Crippen LogP contribution >= 0.6 is 0 Å². The van der Waals surface area contributed by atoms with Crippen molar-refractivity contribution in [1.29, 1.82) is 0 Å². The van der Waals surface area contributed by atoms with Gasteiger partial charge in [0.25, 0.3) is 5.91 Å².